The maximum Gasteiger partial charge on any atom is 0.253 e. The Bertz CT molecular complexity index is 628. The molecule has 1 aromatic carbocycles. The zero-order valence-corrected chi connectivity index (χ0v) is 15.0. The molecule has 124 valence electrons. The van der Waals surface area contributed by atoms with E-state index < -0.39 is 10.0 Å². The number of amides is 1. The van der Waals surface area contributed by atoms with Gasteiger partial charge >= 0.3 is 0 Å². The first-order valence-corrected chi connectivity index (χ1v) is 9.20. The molecule has 1 amide bonds. The molecule has 0 saturated heterocycles. The highest BCUT2D eigenvalue weighted by Gasteiger charge is 2.24. The quantitative estimate of drug-likeness (QED) is 0.825. The van der Waals surface area contributed by atoms with Gasteiger partial charge in [-0.25, -0.2) is 8.42 Å². The summed E-state index contributed by atoms with van der Waals surface area (Å²) in [6.07, 6.45) is 0.779. The molecule has 1 atom stereocenters. The molecule has 1 rings (SSSR count). The van der Waals surface area contributed by atoms with E-state index in [1.54, 1.807) is 13.8 Å². The molecule has 0 radical (unpaired) electrons. The number of hydrogen-bond acceptors (Lipinski definition) is 3. The summed E-state index contributed by atoms with van der Waals surface area (Å²) in [6.45, 7) is 8.11. The standard InChI is InChI=1S/C15H23ClN2O3S/c1-5-11(4)17-15(19)13-10-12(8-9-14(13)16)22(20,21)18(6-2)7-3/h8-11H,5-7H2,1-4H3,(H,17,19). The van der Waals surface area contributed by atoms with Crippen molar-refractivity contribution in [3.8, 4) is 0 Å². The number of rotatable bonds is 7. The Balaban J connectivity index is 3.22. The zero-order valence-electron chi connectivity index (χ0n) is 13.4. The van der Waals surface area contributed by atoms with Gasteiger partial charge in [0.05, 0.1) is 15.5 Å². The van der Waals surface area contributed by atoms with Crippen molar-refractivity contribution in [1.29, 1.82) is 0 Å². The smallest absolute Gasteiger partial charge is 0.253 e. The van der Waals surface area contributed by atoms with E-state index in [2.05, 4.69) is 5.32 Å². The second kappa shape index (κ2) is 7.94. The highest BCUT2D eigenvalue weighted by Crippen LogP contribution is 2.23. The van der Waals surface area contributed by atoms with Crippen LogP contribution in [0.15, 0.2) is 23.1 Å². The predicted molar refractivity (Wildman–Crippen MR) is 88.8 cm³/mol. The monoisotopic (exact) mass is 346 g/mol. The summed E-state index contributed by atoms with van der Waals surface area (Å²) in [5.41, 5.74) is 0.176. The van der Waals surface area contributed by atoms with Crippen LogP contribution in [0, 0.1) is 0 Å². The van der Waals surface area contributed by atoms with Crippen LogP contribution in [-0.2, 0) is 10.0 Å². The second-order valence-electron chi connectivity index (χ2n) is 5.01. The first-order valence-electron chi connectivity index (χ1n) is 7.38. The van der Waals surface area contributed by atoms with Gasteiger partial charge in [0.1, 0.15) is 0 Å². The molecule has 22 heavy (non-hydrogen) atoms. The minimum Gasteiger partial charge on any atom is -0.350 e. The number of carbonyl (C=O) groups excluding carboxylic acids is 1. The van der Waals surface area contributed by atoms with Crippen LogP contribution in [-0.4, -0.2) is 37.8 Å². The summed E-state index contributed by atoms with van der Waals surface area (Å²) in [7, 11) is -3.61. The molecular weight excluding hydrogens is 324 g/mol. The Labute approximate surface area is 137 Å². The maximum atomic E-state index is 12.5. The van der Waals surface area contributed by atoms with Gasteiger partial charge in [-0.05, 0) is 31.5 Å². The van der Waals surface area contributed by atoms with E-state index >= 15 is 0 Å². The highest BCUT2D eigenvalue weighted by molar-refractivity contribution is 7.89. The van der Waals surface area contributed by atoms with Crippen LogP contribution in [0.25, 0.3) is 0 Å². The Kier molecular flexibility index (Phi) is 6.84. The van der Waals surface area contributed by atoms with Crippen molar-refractivity contribution in [2.45, 2.75) is 45.1 Å². The van der Waals surface area contributed by atoms with Crippen LogP contribution in [0.2, 0.25) is 5.02 Å². The molecule has 5 nitrogen and oxygen atoms in total. The fourth-order valence-electron chi connectivity index (χ4n) is 1.96. The lowest BCUT2D eigenvalue weighted by Crippen LogP contribution is -2.33. The average Bonchev–Trinajstić information content (AvgIpc) is 2.48. The number of benzene rings is 1. The Hall–Kier alpha value is -1.11. The number of nitrogens with one attached hydrogen (secondary N) is 1. The Morgan fingerprint density at radius 1 is 1.27 bits per heavy atom. The minimum atomic E-state index is -3.61. The normalized spacial score (nSPS) is 13.2. The molecule has 0 saturated carbocycles. The van der Waals surface area contributed by atoms with Crippen molar-refractivity contribution >= 4 is 27.5 Å². The summed E-state index contributed by atoms with van der Waals surface area (Å²) < 4.78 is 26.4. The van der Waals surface area contributed by atoms with Gasteiger partial charge in [-0.3, -0.25) is 4.79 Å². The topological polar surface area (TPSA) is 66.5 Å². The fraction of sp³-hybridized carbons (Fsp3) is 0.533. The third-order valence-corrected chi connectivity index (χ3v) is 5.89. The van der Waals surface area contributed by atoms with Crippen molar-refractivity contribution < 1.29 is 13.2 Å². The number of carbonyl (C=O) groups is 1. The van der Waals surface area contributed by atoms with Crippen LogP contribution in [0.1, 0.15) is 44.5 Å². The molecule has 0 aromatic heterocycles. The number of hydrogen-bond donors (Lipinski definition) is 1. The van der Waals surface area contributed by atoms with Crippen molar-refractivity contribution in [1.82, 2.24) is 9.62 Å². The van der Waals surface area contributed by atoms with Crippen molar-refractivity contribution in [2.75, 3.05) is 13.1 Å². The number of nitrogens with zero attached hydrogens (tertiary/aromatic N) is 1. The molecular formula is C15H23ClN2O3S. The summed E-state index contributed by atoms with van der Waals surface area (Å²) >= 11 is 6.05. The maximum absolute atomic E-state index is 12.5. The van der Waals surface area contributed by atoms with Gasteiger partial charge in [-0.1, -0.05) is 32.4 Å². The molecule has 0 bridgehead atoms. The van der Waals surface area contributed by atoms with E-state index in [4.69, 9.17) is 11.6 Å². The van der Waals surface area contributed by atoms with E-state index in [9.17, 15) is 13.2 Å². The third kappa shape index (κ3) is 4.21. The van der Waals surface area contributed by atoms with Crippen molar-refractivity contribution in [3.63, 3.8) is 0 Å². The van der Waals surface area contributed by atoms with Gasteiger partial charge in [0.2, 0.25) is 10.0 Å². The lowest BCUT2D eigenvalue weighted by atomic mass is 10.2. The molecule has 7 heteroatoms. The van der Waals surface area contributed by atoms with Gasteiger partial charge in [0.15, 0.2) is 0 Å². The first-order chi connectivity index (χ1) is 10.3. The SMILES string of the molecule is CCC(C)NC(=O)c1cc(S(=O)(=O)N(CC)CC)ccc1Cl. The molecule has 0 aliphatic carbocycles. The second-order valence-corrected chi connectivity index (χ2v) is 7.36. The van der Waals surface area contributed by atoms with Gasteiger partial charge in [-0.2, -0.15) is 4.31 Å². The van der Waals surface area contributed by atoms with Crippen LogP contribution in [0.4, 0.5) is 0 Å². The van der Waals surface area contributed by atoms with E-state index in [1.165, 1.54) is 22.5 Å². The van der Waals surface area contributed by atoms with E-state index in [0.29, 0.717) is 13.1 Å². The van der Waals surface area contributed by atoms with Gasteiger partial charge in [0, 0.05) is 19.1 Å². The fourth-order valence-corrected chi connectivity index (χ4v) is 3.64. The van der Waals surface area contributed by atoms with Crippen molar-refractivity contribution in [2.24, 2.45) is 0 Å². The first kappa shape index (κ1) is 18.9. The van der Waals surface area contributed by atoms with Crippen LogP contribution < -0.4 is 5.32 Å². The summed E-state index contributed by atoms with van der Waals surface area (Å²) in [5, 5.41) is 3.03. The molecule has 0 fully saturated rings. The van der Waals surface area contributed by atoms with Crippen molar-refractivity contribution in [3.05, 3.63) is 28.8 Å². The Morgan fingerprint density at radius 2 is 1.86 bits per heavy atom. The van der Waals surface area contributed by atoms with Crippen LogP contribution in [0.3, 0.4) is 0 Å². The summed E-state index contributed by atoms with van der Waals surface area (Å²) in [6, 6.07) is 4.21. The highest BCUT2D eigenvalue weighted by atomic mass is 35.5. The summed E-state index contributed by atoms with van der Waals surface area (Å²) in [5.74, 6) is -0.365. The van der Waals surface area contributed by atoms with E-state index in [-0.39, 0.29) is 27.4 Å². The Morgan fingerprint density at radius 3 is 2.36 bits per heavy atom. The molecule has 0 spiro atoms. The molecule has 0 aliphatic rings. The lowest BCUT2D eigenvalue weighted by molar-refractivity contribution is 0.0939. The van der Waals surface area contributed by atoms with Gasteiger partial charge < -0.3 is 5.32 Å². The zero-order chi connectivity index (χ0) is 16.9. The predicted octanol–water partition coefficient (Wildman–Crippen LogP) is 2.90. The minimum absolute atomic E-state index is 0.00777. The lowest BCUT2D eigenvalue weighted by Gasteiger charge is -2.19. The number of sulfonamides is 1. The molecule has 0 heterocycles. The van der Waals surface area contributed by atoms with Crippen LogP contribution >= 0.6 is 11.6 Å². The van der Waals surface area contributed by atoms with E-state index in [1.807, 2.05) is 13.8 Å². The molecule has 1 unspecified atom stereocenters. The average molecular weight is 347 g/mol. The van der Waals surface area contributed by atoms with Gasteiger partial charge in [0.25, 0.3) is 5.91 Å². The molecule has 1 aromatic rings. The van der Waals surface area contributed by atoms with Gasteiger partial charge in [-0.15, -0.1) is 0 Å². The van der Waals surface area contributed by atoms with Crippen LogP contribution in [0.5, 0.6) is 0 Å². The molecule has 0 aliphatic heterocycles. The largest absolute Gasteiger partial charge is 0.350 e. The summed E-state index contributed by atoms with van der Waals surface area (Å²) in [4.78, 5) is 12.3. The third-order valence-electron chi connectivity index (χ3n) is 3.52. The van der Waals surface area contributed by atoms with E-state index in [0.717, 1.165) is 6.42 Å². The molecule has 1 N–H and O–H groups in total. The number of halogens is 1.